The van der Waals surface area contributed by atoms with Crippen molar-refractivity contribution in [2.45, 2.75) is 25.8 Å². The molecule has 1 fully saturated rings. The molecule has 0 radical (unpaired) electrons. The van der Waals surface area contributed by atoms with E-state index in [0.717, 1.165) is 17.7 Å². The fraction of sp³-hybridized carbons (Fsp3) is 0.286. The summed E-state index contributed by atoms with van der Waals surface area (Å²) >= 11 is 6.13. The van der Waals surface area contributed by atoms with E-state index in [1.165, 1.54) is 0 Å². The predicted octanol–water partition coefficient (Wildman–Crippen LogP) is 3.07. The van der Waals surface area contributed by atoms with Crippen LogP contribution in [0, 0.1) is 0 Å². The van der Waals surface area contributed by atoms with Crippen molar-refractivity contribution in [1.82, 2.24) is 10.6 Å². The molecule has 1 aliphatic heterocycles. The van der Waals surface area contributed by atoms with Crippen LogP contribution in [-0.4, -0.2) is 30.8 Å². The van der Waals surface area contributed by atoms with Gasteiger partial charge in [-0.1, -0.05) is 29.8 Å². The molecule has 0 aliphatic carbocycles. The second-order valence-electron chi connectivity index (χ2n) is 6.69. The number of rotatable bonds is 6. The number of hydrogen-bond acceptors (Lipinski definition) is 3. The maximum Gasteiger partial charge on any atom is 0.251 e. The summed E-state index contributed by atoms with van der Waals surface area (Å²) in [7, 11) is 0. The van der Waals surface area contributed by atoms with Crippen molar-refractivity contribution in [2.75, 3.05) is 18.0 Å². The Kier molecular flexibility index (Phi) is 6.31. The maximum atomic E-state index is 12.3. The maximum absolute atomic E-state index is 12.3. The zero-order chi connectivity index (χ0) is 20.1. The molecule has 0 spiro atoms. The van der Waals surface area contributed by atoms with E-state index in [1.807, 2.05) is 25.1 Å². The fourth-order valence-electron chi connectivity index (χ4n) is 3.17. The van der Waals surface area contributed by atoms with E-state index < -0.39 is 0 Å². The van der Waals surface area contributed by atoms with Crippen molar-refractivity contribution in [1.29, 1.82) is 0 Å². The highest BCUT2D eigenvalue weighted by Crippen LogP contribution is 2.22. The Labute approximate surface area is 168 Å². The van der Waals surface area contributed by atoms with Gasteiger partial charge in [0.05, 0.1) is 12.6 Å². The SMILES string of the molecule is C[C@H](NC(=O)CNC(=O)c1ccc(N2CCCC2=O)cc1)c1ccccc1Cl. The van der Waals surface area contributed by atoms with Crippen LogP contribution in [0.15, 0.2) is 48.5 Å². The molecule has 2 N–H and O–H groups in total. The van der Waals surface area contributed by atoms with E-state index in [2.05, 4.69) is 10.6 Å². The molecule has 1 heterocycles. The Hall–Kier alpha value is -2.86. The van der Waals surface area contributed by atoms with E-state index in [0.29, 0.717) is 23.6 Å². The van der Waals surface area contributed by atoms with Crippen LogP contribution in [0.1, 0.15) is 41.7 Å². The molecule has 0 aromatic heterocycles. The van der Waals surface area contributed by atoms with E-state index in [4.69, 9.17) is 11.6 Å². The highest BCUT2D eigenvalue weighted by Gasteiger charge is 2.21. The number of halogens is 1. The first-order chi connectivity index (χ1) is 13.5. The molecule has 28 heavy (non-hydrogen) atoms. The molecule has 0 bridgehead atoms. The van der Waals surface area contributed by atoms with Gasteiger partial charge in [-0.3, -0.25) is 14.4 Å². The van der Waals surface area contributed by atoms with Gasteiger partial charge >= 0.3 is 0 Å². The monoisotopic (exact) mass is 399 g/mol. The quantitative estimate of drug-likeness (QED) is 0.783. The van der Waals surface area contributed by atoms with Crippen LogP contribution < -0.4 is 15.5 Å². The van der Waals surface area contributed by atoms with Crippen LogP contribution in [0.3, 0.4) is 0 Å². The van der Waals surface area contributed by atoms with Gasteiger partial charge < -0.3 is 15.5 Å². The smallest absolute Gasteiger partial charge is 0.251 e. The molecular weight excluding hydrogens is 378 g/mol. The summed E-state index contributed by atoms with van der Waals surface area (Å²) in [6.45, 7) is 2.40. The molecule has 1 atom stereocenters. The summed E-state index contributed by atoms with van der Waals surface area (Å²) in [5.41, 5.74) is 2.03. The van der Waals surface area contributed by atoms with E-state index in [1.54, 1.807) is 35.2 Å². The molecule has 6 nitrogen and oxygen atoms in total. The zero-order valence-electron chi connectivity index (χ0n) is 15.6. The van der Waals surface area contributed by atoms with Crippen molar-refractivity contribution in [3.05, 3.63) is 64.7 Å². The molecule has 2 aromatic carbocycles. The lowest BCUT2D eigenvalue weighted by molar-refractivity contribution is -0.120. The van der Waals surface area contributed by atoms with E-state index in [9.17, 15) is 14.4 Å². The van der Waals surface area contributed by atoms with Crippen LogP contribution in [0.4, 0.5) is 5.69 Å². The van der Waals surface area contributed by atoms with Crippen molar-refractivity contribution >= 4 is 35.0 Å². The third-order valence-corrected chi connectivity index (χ3v) is 5.02. The van der Waals surface area contributed by atoms with Crippen LogP contribution in [0.2, 0.25) is 5.02 Å². The Morgan fingerprint density at radius 3 is 2.50 bits per heavy atom. The van der Waals surface area contributed by atoms with Crippen LogP contribution in [0.25, 0.3) is 0 Å². The first-order valence-electron chi connectivity index (χ1n) is 9.18. The van der Waals surface area contributed by atoms with Gasteiger partial charge in [0.2, 0.25) is 11.8 Å². The van der Waals surface area contributed by atoms with Gasteiger partial charge in [-0.25, -0.2) is 0 Å². The van der Waals surface area contributed by atoms with Gasteiger partial charge in [0.1, 0.15) is 0 Å². The highest BCUT2D eigenvalue weighted by molar-refractivity contribution is 6.31. The van der Waals surface area contributed by atoms with Crippen LogP contribution >= 0.6 is 11.6 Å². The van der Waals surface area contributed by atoms with Crippen LogP contribution in [0.5, 0.6) is 0 Å². The first kappa shape index (κ1) is 19.9. The number of hydrogen-bond donors (Lipinski definition) is 2. The lowest BCUT2D eigenvalue weighted by atomic mass is 10.1. The molecule has 3 rings (SSSR count). The van der Waals surface area contributed by atoms with Gasteiger partial charge in [-0.2, -0.15) is 0 Å². The van der Waals surface area contributed by atoms with Crippen molar-refractivity contribution in [2.24, 2.45) is 0 Å². The third kappa shape index (κ3) is 4.70. The van der Waals surface area contributed by atoms with Gasteiger partial charge in [-0.05, 0) is 49.2 Å². The summed E-state index contributed by atoms with van der Waals surface area (Å²) in [5.74, 6) is -0.554. The number of benzene rings is 2. The lowest BCUT2D eigenvalue weighted by Gasteiger charge is -2.16. The zero-order valence-corrected chi connectivity index (χ0v) is 16.3. The van der Waals surface area contributed by atoms with Gasteiger partial charge in [0.15, 0.2) is 0 Å². The van der Waals surface area contributed by atoms with Gasteiger partial charge in [0.25, 0.3) is 5.91 Å². The molecule has 3 amide bonds. The number of anilines is 1. The van der Waals surface area contributed by atoms with Crippen molar-refractivity contribution in [3.8, 4) is 0 Å². The van der Waals surface area contributed by atoms with E-state index >= 15 is 0 Å². The molecule has 2 aromatic rings. The highest BCUT2D eigenvalue weighted by atomic mass is 35.5. The average molecular weight is 400 g/mol. The van der Waals surface area contributed by atoms with Gasteiger partial charge in [-0.15, -0.1) is 0 Å². The lowest BCUT2D eigenvalue weighted by Crippen LogP contribution is -2.38. The minimum absolute atomic E-state index is 0.0986. The van der Waals surface area contributed by atoms with E-state index in [-0.39, 0.29) is 30.3 Å². The molecule has 1 saturated heterocycles. The van der Waals surface area contributed by atoms with Gasteiger partial charge in [0, 0.05) is 29.2 Å². The first-order valence-corrected chi connectivity index (χ1v) is 9.56. The normalized spacial score (nSPS) is 14.6. The standard InChI is InChI=1S/C21H22ClN3O3/c1-14(17-5-2-3-6-18(17)22)24-19(26)13-23-21(28)15-8-10-16(11-9-15)25-12-4-7-20(25)27/h2-3,5-6,8-11,14H,4,7,12-13H2,1H3,(H,23,28)(H,24,26)/t14-/m0/s1. The number of carbonyl (C=O) groups is 3. The molecule has 0 unspecified atom stereocenters. The van der Waals surface area contributed by atoms with Crippen molar-refractivity contribution < 1.29 is 14.4 Å². The van der Waals surface area contributed by atoms with Crippen molar-refractivity contribution in [3.63, 3.8) is 0 Å². The summed E-state index contributed by atoms with van der Waals surface area (Å²) in [6.07, 6.45) is 1.41. The molecule has 0 saturated carbocycles. The average Bonchev–Trinajstić information content (AvgIpc) is 3.12. The Morgan fingerprint density at radius 2 is 1.86 bits per heavy atom. The summed E-state index contributed by atoms with van der Waals surface area (Å²) < 4.78 is 0. The molecule has 146 valence electrons. The Bertz CT molecular complexity index is 883. The summed E-state index contributed by atoms with van der Waals surface area (Å²) in [4.78, 5) is 37.9. The number of amides is 3. The number of nitrogens with zero attached hydrogens (tertiary/aromatic N) is 1. The topological polar surface area (TPSA) is 78.5 Å². The Balaban J connectivity index is 1.51. The van der Waals surface area contributed by atoms with Crippen LogP contribution in [-0.2, 0) is 9.59 Å². The largest absolute Gasteiger partial charge is 0.348 e. The number of carbonyl (C=O) groups excluding carboxylic acids is 3. The molecular formula is C21H22ClN3O3. The number of nitrogens with one attached hydrogen (secondary N) is 2. The Morgan fingerprint density at radius 1 is 1.14 bits per heavy atom. The molecule has 7 heteroatoms. The predicted molar refractivity (Wildman–Crippen MR) is 108 cm³/mol. The second kappa shape index (κ2) is 8.89. The second-order valence-corrected chi connectivity index (χ2v) is 7.10. The molecule has 1 aliphatic rings. The summed E-state index contributed by atoms with van der Waals surface area (Å²) in [5, 5.41) is 6.00. The fourth-order valence-corrected chi connectivity index (χ4v) is 3.47. The summed E-state index contributed by atoms with van der Waals surface area (Å²) in [6, 6.07) is 13.8. The minimum Gasteiger partial charge on any atom is -0.348 e. The third-order valence-electron chi connectivity index (χ3n) is 4.67. The minimum atomic E-state index is -0.347.